The van der Waals surface area contributed by atoms with E-state index >= 15 is 0 Å². The van der Waals surface area contributed by atoms with Gasteiger partial charge in [0.2, 0.25) is 0 Å². The van der Waals surface area contributed by atoms with Gasteiger partial charge in [-0.25, -0.2) is 0 Å². The van der Waals surface area contributed by atoms with E-state index in [0.717, 1.165) is 25.0 Å². The molecule has 1 aliphatic carbocycles. The highest BCUT2D eigenvalue weighted by Crippen LogP contribution is 2.30. The van der Waals surface area contributed by atoms with E-state index in [1.807, 2.05) is 0 Å². The first-order valence-electron chi connectivity index (χ1n) is 4.69. The number of carbonyl (C=O) groups is 1. The van der Waals surface area contributed by atoms with Gasteiger partial charge in [-0.3, -0.25) is 14.7 Å². The highest BCUT2D eigenvalue weighted by molar-refractivity contribution is 5.68. The molecule has 3 N–H and O–H groups in total. The minimum absolute atomic E-state index is 0.0495. The third-order valence-corrected chi connectivity index (χ3v) is 2.71. The van der Waals surface area contributed by atoms with Crippen molar-refractivity contribution in [2.24, 2.45) is 0 Å². The number of H-pyrrole nitrogens is 2. The quantitative estimate of drug-likeness (QED) is 0.647. The van der Waals surface area contributed by atoms with Crippen LogP contribution >= 0.6 is 0 Å². The van der Waals surface area contributed by atoms with E-state index in [-0.39, 0.29) is 17.9 Å². The lowest BCUT2D eigenvalue weighted by Gasteiger charge is -2.18. The normalized spacial score (nSPS) is 20.4. The third kappa shape index (κ3) is 1.45. The molecule has 1 atom stereocenters. The van der Waals surface area contributed by atoms with Crippen molar-refractivity contribution in [1.82, 2.24) is 10.2 Å². The van der Waals surface area contributed by atoms with Gasteiger partial charge >= 0.3 is 5.97 Å². The first-order valence-corrected chi connectivity index (χ1v) is 4.69. The molecule has 0 saturated carbocycles. The van der Waals surface area contributed by atoms with Crippen molar-refractivity contribution in [3.63, 3.8) is 0 Å². The van der Waals surface area contributed by atoms with Crippen molar-refractivity contribution in [3.05, 3.63) is 21.6 Å². The molecule has 14 heavy (non-hydrogen) atoms. The number of fused-ring (bicyclic) bond motifs is 1. The maximum atomic E-state index is 11.4. The summed E-state index contributed by atoms with van der Waals surface area (Å²) in [5, 5.41) is 14.0. The molecule has 5 heteroatoms. The Balaban J connectivity index is 2.34. The predicted molar refractivity (Wildman–Crippen MR) is 49.3 cm³/mol. The van der Waals surface area contributed by atoms with E-state index in [1.165, 1.54) is 0 Å². The average molecular weight is 196 g/mol. The largest absolute Gasteiger partial charge is 0.481 e. The molecule has 0 aliphatic heterocycles. The maximum Gasteiger partial charge on any atom is 0.303 e. The molecule has 1 heterocycles. The Morgan fingerprint density at radius 1 is 1.50 bits per heavy atom. The van der Waals surface area contributed by atoms with Gasteiger partial charge in [-0.15, -0.1) is 0 Å². The van der Waals surface area contributed by atoms with Gasteiger partial charge in [-0.1, -0.05) is 0 Å². The smallest absolute Gasteiger partial charge is 0.303 e. The van der Waals surface area contributed by atoms with Crippen molar-refractivity contribution in [2.45, 2.75) is 31.6 Å². The first kappa shape index (κ1) is 9.05. The van der Waals surface area contributed by atoms with Gasteiger partial charge in [0, 0.05) is 17.2 Å². The van der Waals surface area contributed by atoms with Gasteiger partial charge in [0.05, 0.1) is 6.42 Å². The van der Waals surface area contributed by atoms with Gasteiger partial charge in [0.25, 0.3) is 5.56 Å². The van der Waals surface area contributed by atoms with Crippen LogP contribution in [0.4, 0.5) is 0 Å². The number of hydrogen-bond acceptors (Lipinski definition) is 2. The van der Waals surface area contributed by atoms with Crippen LogP contribution in [0.5, 0.6) is 0 Å². The van der Waals surface area contributed by atoms with Crippen LogP contribution in [0, 0.1) is 0 Å². The summed E-state index contributed by atoms with van der Waals surface area (Å²) in [7, 11) is 0. The molecule has 2 rings (SSSR count). The Morgan fingerprint density at radius 3 is 3.00 bits per heavy atom. The summed E-state index contributed by atoms with van der Waals surface area (Å²) in [6.45, 7) is 0. The first-order chi connectivity index (χ1) is 6.68. The van der Waals surface area contributed by atoms with Crippen LogP contribution in [-0.2, 0) is 11.2 Å². The lowest BCUT2D eigenvalue weighted by Crippen LogP contribution is -2.19. The molecule has 5 nitrogen and oxygen atoms in total. The highest BCUT2D eigenvalue weighted by atomic mass is 16.4. The fourth-order valence-corrected chi connectivity index (χ4v) is 2.12. The Labute approximate surface area is 80.1 Å². The van der Waals surface area contributed by atoms with Crippen molar-refractivity contribution in [1.29, 1.82) is 0 Å². The van der Waals surface area contributed by atoms with Crippen LogP contribution in [0.25, 0.3) is 0 Å². The molecule has 0 bridgehead atoms. The third-order valence-electron chi connectivity index (χ3n) is 2.71. The van der Waals surface area contributed by atoms with E-state index in [9.17, 15) is 9.59 Å². The van der Waals surface area contributed by atoms with Crippen LogP contribution in [0.2, 0.25) is 0 Å². The van der Waals surface area contributed by atoms with Crippen molar-refractivity contribution in [2.75, 3.05) is 0 Å². The second-order valence-electron chi connectivity index (χ2n) is 3.66. The molecule has 0 saturated heterocycles. The van der Waals surface area contributed by atoms with Gasteiger partial charge in [0.1, 0.15) is 0 Å². The number of aromatic amines is 2. The molecule has 0 radical (unpaired) electrons. The second kappa shape index (κ2) is 3.32. The van der Waals surface area contributed by atoms with E-state index < -0.39 is 5.97 Å². The van der Waals surface area contributed by atoms with Crippen LogP contribution < -0.4 is 5.56 Å². The van der Waals surface area contributed by atoms with Crippen molar-refractivity contribution in [3.8, 4) is 0 Å². The molecule has 1 aliphatic rings. The van der Waals surface area contributed by atoms with Crippen LogP contribution in [0.3, 0.4) is 0 Å². The lowest BCUT2D eigenvalue weighted by atomic mass is 9.85. The molecular formula is C9H12N2O3. The number of carboxylic acid groups (broad SMARTS) is 1. The second-order valence-corrected chi connectivity index (χ2v) is 3.66. The van der Waals surface area contributed by atoms with Crippen LogP contribution in [0.1, 0.15) is 36.4 Å². The van der Waals surface area contributed by atoms with Crippen molar-refractivity contribution < 1.29 is 9.90 Å². The average Bonchev–Trinajstić information content (AvgIpc) is 2.48. The molecule has 76 valence electrons. The number of hydrogen-bond donors (Lipinski definition) is 3. The molecule has 0 amide bonds. The number of aromatic nitrogens is 2. The number of carboxylic acids is 1. The monoisotopic (exact) mass is 196 g/mol. The zero-order valence-corrected chi connectivity index (χ0v) is 7.67. The molecular weight excluding hydrogens is 184 g/mol. The van der Waals surface area contributed by atoms with E-state index in [0.29, 0.717) is 5.56 Å². The van der Waals surface area contributed by atoms with Gasteiger partial charge < -0.3 is 10.2 Å². The summed E-state index contributed by atoms with van der Waals surface area (Å²) >= 11 is 0. The Hall–Kier alpha value is -1.52. The van der Waals surface area contributed by atoms with Crippen LogP contribution in [0.15, 0.2) is 4.79 Å². The number of nitrogens with one attached hydrogen (secondary N) is 2. The molecule has 0 fully saturated rings. The fourth-order valence-electron chi connectivity index (χ4n) is 2.12. The van der Waals surface area contributed by atoms with Gasteiger partial charge in [0.15, 0.2) is 0 Å². The summed E-state index contributed by atoms with van der Waals surface area (Å²) in [5.74, 6) is -0.963. The van der Waals surface area contributed by atoms with E-state index in [4.69, 9.17) is 5.11 Å². The summed E-state index contributed by atoms with van der Waals surface area (Å²) in [4.78, 5) is 22.0. The fraction of sp³-hybridized carbons (Fsp3) is 0.556. The topological polar surface area (TPSA) is 85.9 Å². The molecule has 1 aromatic rings. The standard InChI is InChI=1S/C9H12N2O3/c12-7(13)4-5-2-1-3-6-8(5)9(14)11-10-6/h5H,1-4H2,(H,12,13)(H2,10,11,14). The zero-order chi connectivity index (χ0) is 10.1. The number of aliphatic carboxylic acids is 1. The minimum Gasteiger partial charge on any atom is -0.481 e. The molecule has 0 spiro atoms. The SMILES string of the molecule is O=C(O)CC1CCCc2[nH][nH]c(=O)c21. The Morgan fingerprint density at radius 2 is 2.29 bits per heavy atom. The molecule has 1 unspecified atom stereocenters. The predicted octanol–water partition coefficient (Wildman–Crippen LogP) is 0.598. The summed E-state index contributed by atoms with van der Waals surface area (Å²) < 4.78 is 0. The zero-order valence-electron chi connectivity index (χ0n) is 7.67. The highest BCUT2D eigenvalue weighted by Gasteiger charge is 2.26. The van der Waals surface area contributed by atoms with Crippen LogP contribution in [-0.4, -0.2) is 21.3 Å². The lowest BCUT2D eigenvalue weighted by molar-refractivity contribution is -0.137. The maximum absolute atomic E-state index is 11.4. The van der Waals surface area contributed by atoms with Gasteiger partial charge in [-0.2, -0.15) is 0 Å². The molecule has 0 aromatic carbocycles. The Kier molecular flexibility index (Phi) is 2.15. The summed E-state index contributed by atoms with van der Waals surface area (Å²) in [6.07, 6.45) is 2.62. The Bertz CT molecular complexity index is 404. The summed E-state index contributed by atoms with van der Waals surface area (Å²) in [6, 6.07) is 0. The van der Waals surface area contributed by atoms with Crippen molar-refractivity contribution >= 4 is 5.97 Å². The number of aryl methyl sites for hydroxylation is 1. The molecule has 1 aromatic heterocycles. The number of rotatable bonds is 2. The summed E-state index contributed by atoms with van der Waals surface area (Å²) in [5.41, 5.74) is 1.37. The van der Waals surface area contributed by atoms with E-state index in [1.54, 1.807) is 0 Å². The van der Waals surface area contributed by atoms with E-state index in [2.05, 4.69) is 10.2 Å². The minimum atomic E-state index is -0.844. The van der Waals surface area contributed by atoms with Gasteiger partial charge in [-0.05, 0) is 19.3 Å².